The molecule has 0 aromatic rings. The average Bonchev–Trinajstić information content (AvgIpc) is 2.27. The highest BCUT2D eigenvalue weighted by molar-refractivity contribution is 8.49. The molecule has 0 nitrogen and oxygen atoms in total. The zero-order valence-electron chi connectivity index (χ0n) is 5.71. The summed E-state index contributed by atoms with van der Waals surface area (Å²) in [6, 6.07) is 0. The molecule has 0 aromatic carbocycles. The molecule has 3 heteroatoms. The lowest BCUT2D eigenvalue weighted by Crippen LogP contribution is -2.19. The first-order valence-corrected chi connectivity index (χ1v) is 5.90. The Hall–Kier alpha value is 0.790. The number of thioether (sulfide) groups is 2. The second-order valence-electron chi connectivity index (χ2n) is 2.85. The standard InChI is InChI=1S/C7H10S3/c8-7-9-5-3-1-2-4-6(5)10-7/h5-6H,1-4H2/t5-,6?/m0/s1. The minimum Gasteiger partial charge on any atom is -0.103 e. The highest BCUT2D eigenvalue weighted by Crippen LogP contribution is 2.46. The van der Waals surface area contributed by atoms with E-state index in [2.05, 4.69) is 0 Å². The highest BCUT2D eigenvalue weighted by Gasteiger charge is 2.33. The summed E-state index contributed by atoms with van der Waals surface area (Å²) in [5.41, 5.74) is 0. The molecule has 0 N–H and O–H groups in total. The van der Waals surface area contributed by atoms with E-state index in [0.29, 0.717) is 0 Å². The van der Waals surface area contributed by atoms with Gasteiger partial charge in [-0.3, -0.25) is 0 Å². The summed E-state index contributed by atoms with van der Waals surface area (Å²) in [7, 11) is 0. The third-order valence-electron chi connectivity index (χ3n) is 2.14. The summed E-state index contributed by atoms with van der Waals surface area (Å²) in [5.74, 6) is 0. The molecule has 1 saturated carbocycles. The molecule has 2 aliphatic rings. The predicted octanol–water partition coefficient (Wildman–Crippen LogP) is 3.06. The van der Waals surface area contributed by atoms with Crippen LogP contribution in [-0.2, 0) is 0 Å². The Morgan fingerprint density at radius 2 is 1.60 bits per heavy atom. The summed E-state index contributed by atoms with van der Waals surface area (Å²) in [6.45, 7) is 0. The maximum Gasteiger partial charge on any atom is 0.104 e. The number of hydrogen-bond donors (Lipinski definition) is 0. The van der Waals surface area contributed by atoms with Crippen molar-refractivity contribution < 1.29 is 0 Å². The summed E-state index contributed by atoms with van der Waals surface area (Å²) >= 11 is 9.05. The molecule has 0 aromatic heterocycles. The number of rotatable bonds is 0. The molecule has 2 atom stereocenters. The first-order chi connectivity index (χ1) is 4.86. The van der Waals surface area contributed by atoms with Gasteiger partial charge in [-0.25, -0.2) is 0 Å². The molecule has 0 radical (unpaired) electrons. The van der Waals surface area contributed by atoms with Crippen molar-refractivity contribution in [2.45, 2.75) is 36.2 Å². The maximum atomic E-state index is 5.16. The van der Waals surface area contributed by atoms with Gasteiger partial charge in [0.25, 0.3) is 0 Å². The molecular weight excluding hydrogens is 180 g/mol. The van der Waals surface area contributed by atoms with E-state index >= 15 is 0 Å². The molecule has 1 unspecified atom stereocenters. The number of thiocarbonyl (C=S) groups is 1. The Kier molecular flexibility index (Phi) is 2.26. The first-order valence-electron chi connectivity index (χ1n) is 3.73. The van der Waals surface area contributed by atoms with Crippen LogP contribution in [0.1, 0.15) is 25.7 Å². The van der Waals surface area contributed by atoms with E-state index in [0.717, 1.165) is 10.5 Å². The van der Waals surface area contributed by atoms with E-state index in [1.807, 2.05) is 23.5 Å². The van der Waals surface area contributed by atoms with Gasteiger partial charge in [-0.2, -0.15) is 0 Å². The van der Waals surface area contributed by atoms with Gasteiger partial charge in [0.15, 0.2) is 0 Å². The van der Waals surface area contributed by atoms with Crippen LogP contribution in [0.15, 0.2) is 0 Å². The molecule has 2 rings (SSSR count). The SMILES string of the molecule is S=C1SC2CCCC[C@@H]2S1. The topological polar surface area (TPSA) is 0 Å². The summed E-state index contributed by atoms with van der Waals surface area (Å²) < 4.78 is 1.19. The van der Waals surface area contributed by atoms with E-state index in [1.54, 1.807) is 0 Å². The van der Waals surface area contributed by atoms with Crippen molar-refractivity contribution >= 4 is 39.3 Å². The van der Waals surface area contributed by atoms with Crippen LogP contribution in [0.2, 0.25) is 0 Å². The maximum absolute atomic E-state index is 5.16. The lowest BCUT2D eigenvalue weighted by Gasteiger charge is -2.21. The molecule has 10 heavy (non-hydrogen) atoms. The Balaban J connectivity index is 2.04. The second-order valence-corrected chi connectivity index (χ2v) is 6.53. The minimum absolute atomic E-state index is 0.881. The second kappa shape index (κ2) is 3.03. The van der Waals surface area contributed by atoms with Crippen molar-refractivity contribution in [3.05, 3.63) is 0 Å². The van der Waals surface area contributed by atoms with Gasteiger partial charge in [0.05, 0.1) is 0 Å². The van der Waals surface area contributed by atoms with Crippen LogP contribution in [-0.4, -0.2) is 14.0 Å². The van der Waals surface area contributed by atoms with E-state index in [1.165, 1.54) is 29.2 Å². The normalized spacial score (nSPS) is 39.8. The van der Waals surface area contributed by atoms with Crippen LogP contribution in [0.4, 0.5) is 0 Å². The molecular formula is C7H10S3. The zero-order valence-corrected chi connectivity index (χ0v) is 8.16. The van der Waals surface area contributed by atoms with E-state index in [4.69, 9.17) is 12.2 Å². The van der Waals surface area contributed by atoms with Crippen molar-refractivity contribution in [1.82, 2.24) is 0 Å². The van der Waals surface area contributed by atoms with E-state index < -0.39 is 0 Å². The Bertz CT molecular complexity index is 139. The molecule has 56 valence electrons. The predicted molar refractivity (Wildman–Crippen MR) is 53.8 cm³/mol. The molecule has 0 bridgehead atoms. The van der Waals surface area contributed by atoms with Gasteiger partial charge in [0.1, 0.15) is 3.53 Å². The Labute approximate surface area is 75.5 Å². The Morgan fingerprint density at radius 1 is 1.10 bits per heavy atom. The van der Waals surface area contributed by atoms with Crippen LogP contribution >= 0.6 is 35.7 Å². The summed E-state index contributed by atoms with van der Waals surface area (Å²) in [4.78, 5) is 0. The first kappa shape index (κ1) is 7.44. The minimum atomic E-state index is 0.881. The average molecular weight is 190 g/mol. The fourth-order valence-corrected chi connectivity index (χ4v) is 5.29. The number of fused-ring (bicyclic) bond motifs is 1. The molecule has 1 aliphatic carbocycles. The van der Waals surface area contributed by atoms with Crippen molar-refractivity contribution in [2.75, 3.05) is 0 Å². The van der Waals surface area contributed by atoms with Gasteiger partial charge in [-0.05, 0) is 12.8 Å². The van der Waals surface area contributed by atoms with Crippen LogP contribution < -0.4 is 0 Å². The van der Waals surface area contributed by atoms with Gasteiger partial charge in [-0.15, -0.1) is 23.5 Å². The van der Waals surface area contributed by atoms with Crippen molar-refractivity contribution in [3.63, 3.8) is 0 Å². The smallest absolute Gasteiger partial charge is 0.103 e. The van der Waals surface area contributed by atoms with Crippen molar-refractivity contribution in [3.8, 4) is 0 Å². The Morgan fingerprint density at radius 3 is 2.10 bits per heavy atom. The van der Waals surface area contributed by atoms with E-state index in [9.17, 15) is 0 Å². The molecule has 1 saturated heterocycles. The molecule has 1 heterocycles. The van der Waals surface area contributed by atoms with Gasteiger partial charge in [0.2, 0.25) is 0 Å². The van der Waals surface area contributed by atoms with Gasteiger partial charge < -0.3 is 0 Å². The monoisotopic (exact) mass is 190 g/mol. The van der Waals surface area contributed by atoms with Crippen LogP contribution in [0, 0.1) is 0 Å². The van der Waals surface area contributed by atoms with Gasteiger partial charge in [-0.1, -0.05) is 25.1 Å². The third-order valence-corrected chi connectivity index (χ3v) is 5.58. The summed E-state index contributed by atoms with van der Waals surface area (Å²) in [5, 5.41) is 1.76. The van der Waals surface area contributed by atoms with Crippen LogP contribution in [0.3, 0.4) is 0 Å². The van der Waals surface area contributed by atoms with E-state index in [-0.39, 0.29) is 0 Å². The highest BCUT2D eigenvalue weighted by atomic mass is 32.2. The molecule has 0 spiro atoms. The van der Waals surface area contributed by atoms with Crippen LogP contribution in [0.25, 0.3) is 0 Å². The van der Waals surface area contributed by atoms with Gasteiger partial charge in [0, 0.05) is 10.5 Å². The lowest BCUT2D eigenvalue weighted by atomic mass is 10.00. The summed E-state index contributed by atoms with van der Waals surface area (Å²) in [6.07, 6.45) is 5.67. The third kappa shape index (κ3) is 1.36. The van der Waals surface area contributed by atoms with Crippen molar-refractivity contribution in [1.29, 1.82) is 0 Å². The van der Waals surface area contributed by atoms with Crippen molar-refractivity contribution in [2.24, 2.45) is 0 Å². The molecule has 0 amide bonds. The fraction of sp³-hybridized carbons (Fsp3) is 0.857. The lowest BCUT2D eigenvalue weighted by molar-refractivity contribution is 0.532. The quantitative estimate of drug-likeness (QED) is 0.539. The molecule has 2 fully saturated rings. The molecule has 1 aliphatic heterocycles. The zero-order chi connectivity index (χ0) is 6.97. The largest absolute Gasteiger partial charge is 0.104 e. The van der Waals surface area contributed by atoms with Gasteiger partial charge >= 0.3 is 0 Å². The fourth-order valence-electron chi connectivity index (χ4n) is 1.61. The number of hydrogen-bond acceptors (Lipinski definition) is 3. The van der Waals surface area contributed by atoms with Crippen LogP contribution in [0.5, 0.6) is 0 Å².